The van der Waals surface area contributed by atoms with E-state index in [9.17, 15) is 4.79 Å². The van der Waals surface area contributed by atoms with Crippen molar-refractivity contribution in [2.45, 2.75) is 0 Å². The molecule has 1 aliphatic heterocycles. The summed E-state index contributed by atoms with van der Waals surface area (Å²) < 4.78 is 9.11. The van der Waals surface area contributed by atoms with E-state index in [1.54, 1.807) is 0 Å². The van der Waals surface area contributed by atoms with E-state index in [4.69, 9.17) is 0 Å². The van der Waals surface area contributed by atoms with Gasteiger partial charge in [0.2, 0.25) is 5.97 Å². The zero-order valence-electron chi connectivity index (χ0n) is 5.93. The van der Waals surface area contributed by atoms with Gasteiger partial charge in [-0.2, -0.15) is 0 Å². The molecule has 1 heterocycles. The van der Waals surface area contributed by atoms with Crippen LogP contribution in [0.25, 0.3) is 0 Å². The largest absolute Gasteiger partial charge is 1.00 e. The van der Waals surface area contributed by atoms with Crippen LogP contribution in [0.4, 0.5) is 0 Å². The molecule has 3 nitrogen and oxygen atoms in total. The van der Waals surface area contributed by atoms with Crippen molar-refractivity contribution >= 4 is 5.97 Å². The zero-order valence-corrected chi connectivity index (χ0v) is 5.93. The molecule has 4 heteroatoms. The van der Waals surface area contributed by atoms with Crippen LogP contribution >= 0.6 is 0 Å². The van der Waals surface area contributed by atoms with Crippen LogP contribution in [-0.4, -0.2) is 13.1 Å². The Bertz CT molecular complexity index is 195. The molecule has 0 amide bonds. The molecular formula is C6H5LiO3. The average Bonchev–Trinajstić information content (AvgIpc) is 2.10. The molecule has 0 radical (unpaired) electrons. The maximum Gasteiger partial charge on any atom is 1.00 e. The zero-order chi connectivity index (χ0) is 6.85. The molecule has 1 aliphatic rings. The first-order valence-electron chi connectivity index (χ1n) is 2.33. The first-order chi connectivity index (χ1) is 4.24. The summed E-state index contributed by atoms with van der Waals surface area (Å²) >= 11 is 0. The van der Waals surface area contributed by atoms with Crippen molar-refractivity contribution < 1.29 is 33.1 Å². The Hall–Kier alpha value is -0.653. The Balaban J connectivity index is 0.000000810. The van der Waals surface area contributed by atoms with Crippen molar-refractivity contribution in [1.82, 2.24) is 0 Å². The molecular weight excluding hydrogens is 127 g/mol. The van der Waals surface area contributed by atoms with Crippen LogP contribution in [0, 0.1) is 6.08 Å². The number of esters is 1. The van der Waals surface area contributed by atoms with Gasteiger partial charge in [0.25, 0.3) is 0 Å². The van der Waals surface area contributed by atoms with E-state index in [-0.39, 0.29) is 30.4 Å². The van der Waals surface area contributed by atoms with Gasteiger partial charge < -0.3 is 9.47 Å². The van der Waals surface area contributed by atoms with Gasteiger partial charge in [0.15, 0.2) is 0 Å². The number of rotatable bonds is 1. The van der Waals surface area contributed by atoms with Crippen molar-refractivity contribution in [3.8, 4) is 0 Å². The van der Waals surface area contributed by atoms with Gasteiger partial charge in [-0.05, 0) is 5.76 Å². The van der Waals surface area contributed by atoms with Gasteiger partial charge in [0.1, 0.15) is 0 Å². The van der Waals surface area contributed by atoms with Gasteiger partial charge in [0, 0.05) is 5.76 Å². The van der Waals surface area contributed by atoms with Crippen LogP contribution in [0.15, 0.2) is 18.1 Å². The van der Waals surface area contributed by atoms with E-state index in [0.29, 0.717) is 0 Å². The standard InChI is InChI=1S/C6H5O3.Li/c1-4-5(8-2)3-6(7)9-4;/h1H2,2H3;/q-1;+1. The van der Waals surface area contributed by atoms with Crippen LogP contribution in [0.2, 0.25) is 0 Å². The number of cyclic esters (lactones) is 1. The maximum atomic E-state index is 10.3. The molecule has 0 aromatic rings. The summed E-state index contributed by atoms with van der Waals surface area (Å²) in [5, 5.41) is 0. The van der Waals surface area contributed by atoms with E-state index in [1.165, 1.54) is 7.11 Å². The number of ether oxygens (including phenoxy) is 2. The van der Waals surface area contributed by atoms with E-state index in [0.717, 1.165) is 0 Å². The minimum Gasteiger partial charge on any atom is -0.531 e. The second kappa shape index (κ2) is 3.50. The summed E-state index contributed by atoms with van der Waals surface area (Å²) in [5.74, 6) is -0.0423. The van der Waals surface area contributed by atoms with Crippen LogP contribution < -0.4 is 18.9 Å². The second-order valence-electron chi connectivity index (χ2n) is 1.47. The fourth-order valence-corrected chi connectivity index (χ4v) is 0.511. The molecule has 0 bridgehead atoms. The Morgan fingerprint density at radius 1 is 1.70 bits per heavy atom. The fourth-order valence-electron chi connectivity index (χ4n) is 0.511. The van der Waals surface area contributed by atoms with E-state index in [2.05, 4.69) is 22.1 Å². The van der Waals surface area contributed by atoms with Crippen LogP contribution in [0.3, 0.4) is 0 Å². The molecule has 10 heavy (non-hydrogen) atoms. The number of methoxy groups -OCH3 is 1. The fraction of sp³-hybridized carbons (Fsp3) is 0.167. The molecule has 48 valence electrons. The average molecular weight is 132 g/mol. The molecule has 0 aromatic heterocycles. The maximum absolute atomic E-state index is 10.3. The number of hydrogen-bond donors (Lipinski definition) is 0. The summed E-state index contributed by atoms with van der Waals surface area (Å²) in [5.41, 5.74) is 0. The summed E-state index contributed by atoms with van der Waals surface area (Å²) in [6.45, 7) is 3.39. The van der Waals surface area contributed by atoms with E-state index >= 15 is 0 Å². The van der Waals surface area contributed by atoms with Gasteiger partial charge in [-0.1, -0.05) is 0 Å². The molecule has 0 saturated carbocycles. The Morgan fingerprint density at radius 2 is 2.30 bits per heavy atom. The van der Waals surface area contributed by atoms with Crippen LogP contribution in [-0.2, 0) is 14.3 Å². The topological polar surface area (TPSA) is 35.5 Å². The van der Waals surface area contributed by atoms with Crippen molar-refractivity contribution in [3.05, 3.63) is 24.2 Å². The van der Waals surface area contributed by atoms with Crippen LogP contribution in [0.1, 0.15) is 0 Å². The molecule has 0 saturated heterocycles. The molecule has 0 spiro atoms. The third-order valence-corrected chi connectivity index (χ3v) is 0.889. The number of carbonyl (C=O) groups is 1. The van der Waals surface area contributed by atoms with Gasteiger partial charge >= 0.3 is 18.9 Å². The summed E-state index contributed by atoms with van der Waals surface area (Å²) in [6, 6.07) is 0. The minimum absolute atomic E-state index is 0. The SMILES string of the molecule is C=C1OC(=O)[C-]=C1OC.[Li+]. The first-order valence-corrected chi connectivity index (χ1v) is 2.33. The molecule has 0 N–H and O–H groups in total. The molecule has 1 rings (SSSR count). The van der Waals surface area contributed by atoms with Gasteiger partial charge in [0.05, 0.1) is 7.11 Å². The van der Waals surface area contributed by atoms with Gasteiger partial charge in [-0.25, -0.2) is 0 Å². The first kappa shape index (κ1) is 9.35. The molecule has 0 unspecified atom stereocenters. The quantitative estimate of drug-likeness (QED) is 0.223. The monoisotopic (exact) mass is 132 g/mol. The van der Waals surface area contributed by atoms with Gasteiger partial charge in [-0.15, -0.1) is 12.7 Å². The van der Waals surface area contributed by atoms with Crippen molar-refractivity contribution in [3.63, 3.8) is 0 Å². The molecule has 0 aliphatic carbocycles. The molecule has 0 fully saturated rings. The third kappa shape index (κ3) is 1.66. The van der Waals surface area contributed by atoms with Crippen LogP contribution in [0.5, 0.6) is 0 Å². The van der Waals surface area contributed by atoms with Crippen molar-refractivity contribution in [1.29, 1.82) is 0 Å². The second-order valence-corrected chi connectivity index (χ2v) is 1.47. The van der Waals surface area contributed by atoms with E-state index in [1.807, 2.05) is 0 Å². The smallest absolute Gasteiger partial charge is 0.531 e. The summed E-state index contributed by atoms with van der Waals surface area (Å²) in [7, 11) is 1.43. The van der Waals surface area contributed by atoms with E-state index < -0.39 is 5.97 Å². The van der Waals surface area contributed by atoms with Gasteiger partial charge in [-0.3, -0.25) is 4.79 Å². The van der Waals surface area contributed by atoms with Crippen molar-refractivity contribution in [2.75, 3.05) is 7.11 Å². The van der Waals surface area contributed by atoms with Crippen molar-refractivity contribution in [2.24, 2.45) is 0 Å². The normalized spacial score (nSPS) is 15.5. The summed E-state index contributed by atoms with van der Waals surface area (Å²) in [6.07, 6.45) is 2.29. The predicted octanol–water partition coefficient (Wildman–Crippen LogP) is -2.61. The predicted molar refractivity (Wildman–Crippen MR) is 29.0 cm³/mol. The number of hydrogen-bond acceptors (Lipinski definition) is 3. The third-order valence-electron chi connectivity index (χ3n) is 0.889. The number of carbonyl (C=O) groups excluding carboxylic acids is 1. The Labute approximate surface area is 70.9 Å². The Morgan fingerprint density at radius 3 is 2.50 bits per heavy atom. The Kier molecular flexibility index (Phi) is 3.27. The molecule has 0 atom stereocenters. The molecule has 0 aromatic carbocycles. The summed E-state index contributed by atoms with van der Waals surface area (Å²) in [4.78, 5) is 10.3. The minimum atomic E-state index is -0.545.